The van der Waals surface area contributed by atoms with Gasteiger partial charge in [0.05, 0.1) is 6.42 Å². The van der Waals surface area contributed by atoms with Gasteiger partial charge in [0, 0.05) is 18.3 Å². The van der Waals surface area contributed by atoms with Crippen LogP contribution in [-0.4, -0.2) is 15.7 Å². The van der Waals surface area contributed by atoms with Crippen molar-refractivity contribution in [1.82, 2.24) is 9.78 Å². The number of aromatic nitrogens is 3. The van der Waals surface area contributed by atoms with Crippen molar-refractivity contribution in [2.45, 2.75) is 32.7 Å². The fourth-order valence-electron chi connectivity index (χ4n) is 2.68. The maximum absolute atomic E-state index is 13.0. The number of hydrogen-bond donors (Lipinski definition) is 1. The number of nitrogens with zero attached hydrogens (tertiary/aromatic N) is 3. The Morgan fingerprint density at radius 1 is 1.22 bits per heavy atom. The highest BCUT2D eigenvalue weighted by Gasteiger charge is 2.11. The number of anilines is 1. The molecule has 0 radical (unpaired) electrons. The summed E-state index contributed by atoms with van der Waals surface area (Å²) in [7, 11) is 0. The lowest BCUT2D eigenvalue weighted by atomic mass is 10.0. The van der Waals surface area contributed by atoms with Gasteiger partial charge in [-0.25, -0.2) is 4.39 Å². The van der Waals surface area contributed by atoms with Gasteiger partial charge in [-0.2, -0.15) is 9.83 Å². The summed E-state index contributed by atoms with van der Waals surface area (Å²) in [5, 5.41) is 18.6. The van der Waals surface area contributed by atoms with Gasteiger partial charge in [0.15, 0.2) is 11.6 Å². The van der Waals surface area contributed by atoms with Crippen LogP contribution in [0.15, 0.2) is 54.9 Å². The first-order chi connectivity index (χ1) is 12.9. The lowest BCUT2D eigenvalue weighted by Gasteiger charge is -2.07. The summed E-state index contributed by atoms with van der Waals surface area (Å²) in [4.78, 5) is 12.2. The van der Waals surface area contributed by atoms with Gasteiger partial charge in [-0.1, -0.05) is 38.1 Å². The summed E-state index contributed by atoms with van der Waals surface area (Å²) < 4.78 is 15.0. The van der Waals surface area contributed by atoms with Crippen molar-refractivity contribution >= 4 is 11.7 Å². The molecule has 0 aliphatic heterocycles. The maximum atomic E-state index is 13.0. The summed E-state index contributed by atoms with van der Waals surface area (Å²) in [6.45, 7) is 4.42. The minimum atomic E-state index is -0.594. The fraction of sp³-hybridized carbons (Fsp3) is 0.250. The molecule has 140 valence electrons. The van der Waals surface area contributed by atoms with E-state index in [2.05, 4.69) is 24.3 Å². The number of carbonyl (C=O) groups excluding carboxylic acids is 1. The first kappa shape index (κ1) is 18.6. The zero-order valence-corrected chi connectivity index (χ0v) is 15.2. The summed E-state index contributed by atoms with van der Waals surface area (Å²) in [5.74, 6) is 0.0888. The zero-order valence-electron chi connectivity index (χ0n) is 15.2. The molecule has 1 aromatic carbocycles. The lowest BCUT2D eigenvalue weighted by Crippen LogP contribution is -2.33. The molecule has 7 heteroatoms. The third-order valence-electron chi connectivity index (χ3n) is 4.20. The van der Waals surface area contributed by atoms with E-state index in [1.54, 1.807) is 12.3 Å². The van der Waals surface area contributed by atoms with Crippen molar-refractivity contribution in [3.05, 3.63) is 82.7 Å². The molecule has 0 spiro atoms. The molecule has 1 N–H and O–H groups in total. The highest BCUT2D eigenvalue weighted by molar-refractivity contribution is 5.91. The zero-order chi connectivity index (χ0) is 19.4. The standard InChI is InChI=1S/C20H21FN4O2/c1-14(2)16-5-3-15(4-6-16)11-20(26)22-19-9-10-24(23-19)13-18-8-7-17(21)12-25(18)27/h3-10,12,14H,11,13H2,1-2H3,(H,22,23,26). The smallest absolute Gasteiger partial charge is 0.229 e. The predicted molar refractivity (Wildman–Crippen MR) is 99.6 cm³/mol. The number of pyridine rings is 1. The van der Waals surface area contributed by atoms with Crippen LogP contribution in [-0.2, 0) is 17.8 Å². The van der Waals surface area contributed by atoms with Crippen molar-refractivity contribution in [1.29, 1.82) is 0 Å². The van der Waals surface area contributed by atoms with Gasteiger partial charge in [-0.15, -0.1) is 0 Å². The van der Waals surface area contributed by atoms with Gasteiger partial charge < -0.3 is 10.5 Å². The number of rotatable bonds is 6. The molecule has 0 fully saturated rings. The summed E-state index contributed by atoms with van der Waals surface area (Å²) in [6.07, 6.45) is 2.77. The largest absolute Gasteiger partial charge is 0.618 e. The van der Waals surface area contributed by atoms with E-state index in [-0.39, 0.29) is 18.9 Å². The molecular weight excluding hydrogens is 347 g/mol. The van der Waals surface area contributed by atoms with E-state index in [0.717, 1.165) is 11.8 Å². The molecule has 6 nitrogen and oxygen atoms in total. The molecule has 2 aromatic heterocycles. The monoisotopic (exact) mass is 368 g/mol. The molecular formula is C20H21FN4O2. The van der Waals surface area contributed by atoms with Crippen LogP contribution in [0.4, 0.5) is 10.2 Å². The van der Waals surface area contributed by atoms with Gasteiger partial charge in [0.25, 0.3) is 0 Å². The second-order valence-electron chi connectivity index (χ2n) is 6.68. The second kappa shape index (κ2) is 7.99. The Hall–Kier alpha value is -3.22. The average molecular weight is 368 g/mol. The van der Waals surface area contributed by atoms with Crippen molar-refractivity contribution in [2.24, 2.45) is 0 Å². The molecule has 0 saturated heterocycles. The average Bonchev–Trinajstić information content (AvgIpc) is 3.04. The molecule has 3 aromatic rings. The van der Waals surface area contributed by atoms with E-state index in [0.29, 0.717) is 22.2 Å². The van der Waals surface area contributed by atoms with Crippen molar-refractivity contribution in [3.63, 3.8) is 0 Å². The molecule has 1 amide bonds. The van der Waals surface area contributed by atoms with E-state index in [1.165, 1.54) is 22.4 Å². The molecule has 0 atom stereocenters. The van der Waals surface area contributed by atoms with Gasteiger partial charge >= 0.3 is 0 Å². The Morgan fingerprint density at radius 2 is 1.96 bits per heavy atom. The molecule has 0 bridgehead atoms. The Balaban J connectivity index is 1.59. The lowest BCUT2D eigenvalue weighted by molar-refractivity contribution is -0.616. The molecule has 0 aliphatic carbocycles. The first-order valence-electron chi connectivity index (χ1n) is 8.70. The van der Waals surface area contributed by atoms with Crippen LogP contribution in [0.2, 0.25) is 0 Å². The molecule has 0 unspecified atom stereocenters. The Kier molecular flexibility index (Phi) is 5.49. The molecule has 0 aliphatic rings. The van der Waals surface area contributed by atoms with E-state index in [1.807, 2.05) is 24.3 Å². The third kappa shape index (κ3) is 4.91. The number of nitrogens with one attached hydrogen (secondary N) is 1. The second-order valence-corrected chi connectivity index (χ2v) is 6.68. The number of amides is 1. The summed E-state index contributed by atoms with van der Waals surface area (Å²) >= 11 is 0. The van der Waals surface area contributed by atoms with Crippen molar-refractivity contribution < 1.29 is 13.9 Å². The van der Waals surface area contributed by atoms with Crippen LogP contribution in [0.1, 0.15) is 36.6 Å². The topological polar surface area (TPSA) is 73.9 Å². The van der Waals surface area contributed by atoms with E-state index < -0.39 is 5.82 Å². The van der Waals surface area contributed by atoms with Crippen LogP contribution in [0.25, 0.3) is 0 Å². The minimum absolute atomic E-state index is 0.168. The van der Waals surface area contributed by atoms with Gasteiger partial charge in [-0.05, 0) is 23.1 Å². The van der Waals surface area contributed by atoms with Crippen LogP contribution in [0, 0.1) is 11.0 Å². The normalized spacial score (nSPS) is 11.0. The molecule has 27 heavy (non-hydrogen) atoms. The van der Waals surface area contributed by atoms with Gasteiger partial charge in [0.2, 0.25) is 17.8 Å². The van der Waals surface area contributed by atoms with Crippen LogP contribution >= 0.6 is 0 Å². The molecule has 0 saturated carbocycles. The number of halogens is 1. The Bertz CT molecular complexity index is 935. The van der Waals surface area contributed by atoms with Gasteiger partial charge in [-0.3, -0.25) is 9.48 Å². The van der Waals surface area contributed by atoms with Crippen LogP contribution < -0.4 is 10.0 Å². The van der Waals surface area contributed by atoms with E-state index >= 15 is 0 Å². The van der Waals surface area contributed by atoms with Crippen LogP contribution in [0.3, 0.4) is 0 Å². The number of hydrogen-bond acceptors (Lipinski definition) is 3. The van der Waals surface area contributed by atoms with Crippen molar-refractivity contribution in [3.8, 4) is 0 Å². The Labute approximate surface area is 156 Å². The summed E-state index contributed by atoms with van der Waals surface area (Å²) in [6, 6.07) is 12.2. The molecule has 3 rings (SSSR count). The quantitative estimate of drug-likeness (QED) is 0.537. The minimum Gasteiger partial charge on any atom is -0.618 e. The highest BCUT2D eigenvalue weighted by Crippen LogP contribution is 2.15. The number of benzene rings is 1. The third-order valence-corrected chi connectivity index (χ3v) is 4.20. The Morgan fingerprint density at radius 3 is 2.63 bits per heavy atom. The maximum Gasteiger partial charge on any atom is 0.229 e. The van der Waals surface area contributed by atoms with E-state index in [4.69, 9.17) is 0 Å². The highest BCUT2D eigenvalue weighted by atomic mass is 19.1. The summed E-state index contributed by atoms with van der Waals surface area (Å²) in [5.41, 5.74) is 2.51. The van der Waals surface area contributed by atoms with E-state index in [9.17, 15) is 14.4 Å². The number of carbonyl (C=O) groups is 1. The van der Waals surface area contributed by atoms with Gasteiger partial charge in [0.1, 0.15) is 6.54 Å². The fourth-order valence-corrected chi connectivity index (χ4v) is 2.68. The SMILES string of the molecule is CC(C)c1ccc(CC(=O)Nc2ccn(Cc3ccc(F)c[n+]3[O-])n2)cc1. The van der Waals surface area contributed by atoms with Crippen LogP contribution in [0.5, 0.6) is 0 Å². The first-order valence-corrected chi connectivity index (χ1v) is 8.70. The van der Waals surface area contributed by atoms with Crippen molar-refractivity contribution in [2.75, 3.05) is 5.32 Å². The molecule has 2 heterocycles. The predicted octanol–water partition coefficient (Wildman–Crippen LogP) is 3.01.